The quantitative estimate of drug-likeness (QED) is 0.659. The number of fused-ring (bicyclic) bond motifs is 1. The Hall–Kier alpha value is -1.04. The van der Waals surface area contributed by atoms with Crippen molar-refractivity contribution in [3.63, 3.8) is 0 Å². The number of hydrogen-bond donors (Lipinski definition) is 0. The second-order valence-corrected chi connectivity index (χ2v) is 7.34. The predicted molar refractivity (Wildman–Crippen MR) is 74.9 cm³/mol. The number of rotatable bonds is 1. The zero-order valence-electron chi connectivity index (χ0n) is 10.9. The maximum Gasteiger partial charge on any atom is -0.00327 e. The van der Waals surface area contributed by atoms with E-state index in [0.29, 0.717) is 5.41 Å². The number of benzene rings is 1. The minimum absolute atomic E-state index is 0.600. The van der Waals surface area contributed by atoms with Gasteiger partial charge in [-0.15, -0.1) is 0 Å². The van der Waals surface area contributed by atoms with Crippen molar-refractivity contribution >= 4 is 11.6 Å². The highest BCUT2D eigenvalue weighted by Gasteiger charge is 2.53. The van der Waals surface area contributed by atoms with Gasteiger partial charge in [-0.3, -0.25) is 0 Å². The van der Waals surface area contributed by atoms with Gasteiger partial charge >= 0.3 is 0 Å². The lowest BCUT2D eigenvalue weighted by atomic mass is 9.46. The number of hydrogen-bond acceptors (Lipinski definition) is 0. The first-order chi connectivity index (χ1) is 8.82. The van der Waals surface area contributed by atoms with E-state index in [2.05, 4.69) is 30.3 Å². The predicted octanol–water partition coefficient (Wildman–Crippen LogP) is 4.76. The summed E-state index contributed by atoms with van der Waals surface area (Å²) in [5.74, 6) is 3.18. The van der Waals surface area contributed by atoms with Crippen LogP contribution >= 0.6 is 0 Å². The van der Waals surface area contributed by atoms with Crippen LogP contribution in [0.5, 0.6) is 0 Å². The molecule has 1 aromatic rings. The molecule has 5 aliphatic carbocycles. The van der Waals surface area contributed by atoms with Gasteiger partial charge < -0.3 is 0 Å². The zero-order valence-corrected chi connectivity index (χ0v) is 10.9. The third kappa shape index (κ3) is 1.12. The molecule has 4 saturated carbocycles. The Morgan fingerprint density at radius 1 is 0.833 bits per heavy atom. The van der Waals surface area contributed by atoms with E-state index < -0.39 is 0 Å². The van der Waals surface area contributed by atoms with Crippen LogP contribution in [0.25, 0.3) is 11.6 Å². The summed E-state index contributed by atoms with van der Waals surface area (Å²) in [5, 5.41) is 0. The molecule has 0 radical (unpaired) electrons. The first kappa shape index (κ1) is 9.83. The normalized spacial score (nSPS) is 43.3. The van der Waals surface area contributed by atoms with Gasteiger partial charge in [0.05, 0.1) is 0 Å². The molecule has 0 saturated heterocycles. The summed E-state index contributed by atoms with van der Waals surface area (Å²) >= 11 is 0. The molecule has 0 heterocycles. The second kappa shape index (κ2) is 3.10. The van der Waals surface area contributed by atoms with Gasteiger partial charge in [0.15, 0.2) is 0 Å². The Kier molecular flexibility index (Phi) is 1.69. The van der Waals surface area contributed by atoms with Crippen LogP contribution in [0.15, 0.2) is 24.3 Å². The lowest BCUT2D eigenvalue weighted by molar-refractivity contribution is -0.0177. The maximum absolute atomic E-state index is 2.50. The lowest BCUT2D eigenvalue weighted by Crippen LogP contribution is -2.47. The van der Waals surface area contributed by atoms with Crippen molar-refractivity contribution in [2.24, 2.45) is 23.2 Å². The van der Waals surface area contributed by atoms with Crippen LogP contribution in [0.3, 0.4) is 0 Å². The molecule has 0 heteroatoms. The van der Waals surface area contributed by atoms with Crippen LogP contribution in [-0.2, 0) is 0 Å². The highest BCUT2D eigenvalue weighted by atomic mass is 14.6. The second-order valence-electron chi connectivity index (χ2n) is 7.34. The van der Waals surface area contributed by atoms with Crippen LogP contribution < -0.4 is 0 Å². The fraction of sp³-hybridized carbons (Fsp3) is 0.556. The third-order valence-corrected chi connectivity index (χ3v) is 6.16. The Bertz CT molecular complexity index is 514. The molecule has 0 nitrogen and oxygen atoms in total. The van der Waals surface area contributed by atoms with Crippen molar-refractivity contribution < 1.29 is 0 Å². The molecule has 0 aromatic heterocycles. The molecular formula is C18H20. The maximum atomic E-state index is 2.50. The third-order valence-electron chi connectivity index (χ3n) is 6.16. The van der Waals surface area contributed by atoms with E-state index in [1.807, 2.05) is 0 Å². The van der Waals surface area contributed by atoms with Crippen molar-refractivity contribution in [1.29, 1.82) is 0 Å². The molecule has 4 bridgehead atoms. The minimum Gasteiger partial charge on any atom is -0.0616 e. The molecule has 0 aliphatic heterocycles. The van der Waals surface area contributed by atoms with Gasteiger partial charge in [0.1, 0.15) is 0 Å². The summed E-state index contributed by atoms with van der Waals surface area (Å²) in [6, 6.07) is 9.01. The average Bonchev–Trinajstić information content (AvgIpc) is 2.28. The van der Waals surface area contributed by atoms with E-state index in [1.165, 1.54) is 24.8 Å². The smallest absolute Gasteiger partial charge is 0.00327 e. The van der Waals surface area contributed by atoms with Gasteiger partial charge in [0.25, 0.3) is 0 Å². The average molecular weight is 236 g/mol. The molecule has 18 heavy (non-hydrogen) atoms. The molecule has 4 fully saturated rings. The van der Waals surface area contributed by atoms with Gasteiger partial charge in [-0.05, 0) is 84.5 Å². The van der Waals surface area contributed by atoms with Crippen LogP contribution in [0, 0.1) is 23.2 Å². The van der Waals surface area contributed by atoms with Crippen LogP contribution in [0.2, 0.25) is 0 Å². The minimum atomic E-state index is 0.600. The Morgan fingerprint density at radius 3 is 2.06 bits per heavy atom. The van der Waals surface area contributed by atoms with Crippen molar-refractivity contribution in [2.45, 2.75) is 38.5 Å². The van der Waals surface area contributed by atoms with Crippen molar-refractivity contribution in [3.8, 4) is 0 Å². The van der Waals surface area contributed by atoms with E-state index in [4.69, 9.17) is 0 Å². The van der Waals surface area contributed by atoms with E-state index >= 15 is 0 Å². The fourth-order valence-corrected chi connectivity index (χ4v) is 5.90. The summed E-state index contributed by atoms with van der Waals surface area (Å²) in [5.41, 5.74) is 5.41. The SMILES string of the molecule is C1=C(C23CC4CC(CC(C4)C2)C3)c2ccccc21. The Morgan fingerprint density at radius 2 is 1.44 bits per heavy atom. The van der Waals surface area contributed by atoms with Crippen molar-refractivity contribution in [2.75, 3.05) is 0 Å². The van der Waals surface area contributed by atoms with E-state index in [0.717, 1.165) is 17.8 Å². The first-order valence-electron chi connectivity index (χ1n) is 7.64. The summed E-state index contributed by atoms with van der Waals surface area (Å²) < 4.78 is 0. The van der Waals surface area contributed by atoms with Crippen LogP contribution in [0.4, 0.5) is 0 Å². The zero-order chi connectivity index (χ0) is 11.7. The molecule has 92 valence electrons. The van der Waals surface area contributed by atoms with Crippen LogP contribution in [0.1, 0.15) is 49.7 Å². The van der Waals surface area contributed by atoms with Crippen molar-refractivity contribution in [3.05, 3.63) is 35.4 Å². The molecule has 0 unspecified atom stereocenters. The molecule has 1 aromatic carbocycles. The van der Waals surface area contributed by atoms with E-state index in [-0.39, 0.29) is 0 Å². The highest BCUT2D eigenvalue weighted by molar-refractivity contribution is 5.98. The van der Waals surface area contributed by atoms with Crippen LogP contribution in [-0.4, -0.2) is 0 Å². The molecule has 0 spiro atoms. The molecule has 0 amide bonds. The van der Waals surface area contributed by atoms with Gasteiger partial charge in [0.2, 0.25) is 0 Å². The van der Waals surface area contributed by atoms with Gasteiger partial charge in [0, 0.05) is 0 Å². The standard InChI is InChI=1S/C18H20/c1-2-4-16-15(3-1)8-17(16)18-9-12-5-13(10-18)7-14(6-12)11-18/h1-4,8,12-14H,5-7,9-11H2. The molecule has 0 N–H and O–H groups in total. The van der Waals surface area contributed by atoms with E-state index in [9.17, 15) is 0 Å². The first-order valence-corrected chi connectivity index (χ1v) is 7.64. The Labute approximate surface area is 109 Å². The summed E-state index contributed by atoms with van der Waals surface area (Å²) in [6.07, 6.45) is 11.6. The van der Waals surface area contributed by atoms with Gasteiger partial charge in [-0.2, -0.15) is 0 Å². The van der Waals surface area contributed by atoms with Gasteiger partial charge in [-0.1, -0.05) is 24.3 Å². The molecule has 0 atom stereocenters. The highest BCUT2D eigenvalue weighted by Crippen LogP contribution is 2.66. The fourth-order valence-electron chi connectivity index (χ4n) is 5.90. The lowest BCUT2D eigenvalue weighted by Gasteiger charge is -2.58. The monoisotopic (exact) mass is 236 g/mol. The molecular weight excluding hydrogens is 216 g/mol. The molecule has 5 aliphatic rings. The number of allylic oxidation sites excluding steroid dienone is 1. The summed E-state index contributed by atoms with van der Waals surface area (Å²) in [7, 11) is 0. The van der Waals surface area contributed by atoms with E-state index in [1.54, 1.807) is 30.4 Å². The topological polar surface area (TPSA) is 0 Å². The summed E-state index contributed by atoms with van der Waals surface area (Å²) in [4.78, 5) is 0. The van der Waals surface area contributed by atoms with Gasteiger partial charge in [-0.25, -0.2) is 0 Å². The summed E-state index contributed by atoms with van der Waals surface area (Å²) in [6.45, 7) is 0. The van der Waals surface area contributed by atoms with Crippen molar-refractivity contribution in [1.82, 2.24) is 0 Å². The Balaban J connectivity index is 1.58. The largest absolute Gasteiger partial charge is 0.0616 e. The molecule has 6 rings (SSSR count).